The van der Waals surface area contributed by atoms with E-state index in [2.05, 4.69) is 38.7 Å². The topological polar surface area (TPSA) is 23.5 Å². The average molecular weight is 261 g/mol. The molecule has 0 saturated carbocycles. The van der Waals surface area contributed by atoms with Crippen molar-refractivity contribution in [2.45, 2.75) is 59.0 Å². The lowest BCUT2D eigenvalue weighted by Gasteiger charge is -2.39. The molecule has 0 bridgehead atoms. The minimum absolute atomic E-state index is 0.402. The molecule has 0 amide bonds. The highest BCUT2D eigenvalue weighted by Crippen LogP contribution is 2.37. The van der Waals surface area contributed by atoms with E-state index in [1.807, 2.05) is 12.1 Å². The Morgan fingerprint density at radius 2 is 2.00 bits per heavy atom. The first-order chi connectivity index (χ1) is 8.99. The molecule has 19 heavy (non-hydrogen) atoms. The Balaban J connectivity index is 2.30. The monoisotopic (exact) mass is 261 g/mol. The van der Waals surface area contributed by atoms with Crippen LogP contribution in [-0.2, 0) is 6.42 Å². The van der Waals surface area contributed by atoms with Crippen molar-refractivity contribution in [3.63, 3.8) is 0 Å². The van der Waals surface area contributed by atoms with E-state index in [1.165, 1.54) is 24.0 Å². The molecule has 0 heterocycles. The maximum Gasteiger partial charge on any atom is 0.115 e. The van der Waals surface area contributed by atoms with Gasteiger partial charge in [0.1, 0.15) is 5.75 Å². The van der Waals surface area contributed by atoms with Gasteiger partial charge in [-0.15, -0.1) is 0 Å². The first kappa shape index (κ1) is 14.4. The van der Waals surface area contributed by atoms with Crippen molar-refractivity contribution < 1.29 is 5.11 Å². The van der Waals surface area contributed by atoms with Crippen molar-refractivity contribution >= 4 is 0 Å². The highest BCUT2D eigenvalue weighted by Gasteiger charge is 2.28. The summed E-state index contributed by atoms with van der Waals surface area (Å²) in [5, 5.41) is 9.65. The van der Waals surface area contributed by atoms with E-state index in [0.717, 1.165) is 13.0 Å². The van der Waals surface area contributed by atoms with Gasteiger partial charge in [0.15, 0.2) is 0 Å². The average Bonchev–Trinajstić information content (AvgIpc) is 2.34. The third-order valence-corrected chi connectivity index (χ3v) is 4.05. The van der Waals surface area contributed by atoms with Crippen LogP contribution in [0.4, 0.5) is 0 Å². The normalized spacial score (nSPS) is 19.2. The molecule has 1 aliphatic rings. The van der Waals surface area contributed by atoms with Gasteiger partial charge in [-0.2, -0.15) is 0 Å². The summed E-state index contributed by atoms with van der Waals surface area (Å²) in [7, 11) is 0. The number of fused-ring (bicyclic) bond motifs is 1. The van der Waals surface area contributed by atoms with Crippen molar-refractivity contribution in [1.29, 1.82) is 0 Å². The number of aromatic hydroxyl groups is 1. The largest absolute Gasteiger partial charge is 0.508 e. The maximum atomic E-state index is 9.65. The summed E-state index contributed by atoms with van der Waals surface area (Å²) in [6.07, 6.45) is 3.57. The molecule has 0 fully saturated rings. The molecule has 1 unspecified atom stereocenters. The summed E-state index contributed by atoms with van der Waals surface area (Å²) < 4.78 is 0. The van der Waals surface area contributed by atoms with Gasteiger partial charge in [0, 0.05) is 18.6 Å². The molecule has 1 N–H and O–H groups in total. The zero-order valence-corrected chi connectivity index (χ0v) is 12.7. The second-order valence-electron chi connectivity index (χ2n) is 6.48. The van der Waals surface area contributed by atoms with E-state index < -0.39 is 0 Å². The molecule has 106 valence electrons. The third-order valence-electron chi connectivity index (χ3n) is 4.05. The number of hydrogen-bond acceptors (Lipinski definition) is 2. The van der Waals surface area contributed by atoms with Gasteiger partial charge in [-0.1, -0.05) is 19.9 Å². The van der Waals surface area contributed by atoms with E-state index >= 15 is 0 Å². The Morgan fingerprint density at radius 3 is 2.63 bits per heavy atom. The Bertz CT molecular complexity index is 425. The third kappa shape index (κ3) is 3.30. The molecule has 1 atom stereocenters. The molecule has 2 heteroatoms. The fraction of sp³-hybridized carbons (Fsp3) is 0.647. The molecule has 0 spiro atoms. The molecule has 0 aromatic heterocycles. The van der Waals surface area contributed by atoms with Gasteiger partial charge in [-0.25, -0.2) is 0 Å². The summed E-state index contributed by atoms with van der Waals surface area (Å²) in [4.78, 5) is 2.62. The van der Waals surface area contributed by atoms with Crippen molar-refractivity contribution in [3.05, 3.63) is 29.3 Å². The highest BCUT2D eigenvalue weighted by molar-refractivity contribution is 5.38. The summed E-state index contributed by atoms with van der Waals surface area (Å²) in [5.74, 6) is 1.09. The van der Waals surface area contributed by atoms with Crippen LogP contribution in [0, 0.1) is 5.92 Å². The van der Waals surface area contributed by atoms with Crippen molar-refractivity contribution in [2.24, 2.45) is 5.92 Å². The number of phenolic OH excluding ortho intramolecular Hbond substituents is 1. The van der Waals surface area contributed by atoms with Crippen LogP contribution in [0.3, 0.4) is 0 Å². The van der Waals surface area contributed by atoms with Crippen LogP contribution in [-0.4, -0.2) is 22.6 Å². The van der Waals surface area contributed by atoms with Crippen LogP contribution in [0.2, 0.25) is 0 Å². The highest BCUT2D eigenvalue weighted by atomic mass is 16.3. The van der Waals surface area contributed by atoms with Gasteiger partial charge in [0.05, 0.1) is 0 Å². The van der Waals surface area contributed by atoms with E-state index in [4.69, 9.17) is 0 Å². The van der Waals surface area contributed by atoms with E-state index in [9.17, 15) is 5.11 Å². The Kier molecular flexibility index (Phi) is 4.51. The maximum absolute atomic E-state index is 9.65. The van der Waals surface area contributed by atoms with Gasteiger partial charge < -0.3 is 5.11 Å². The van der Waals surface area contributed by atoms with Crippen LogP contribution in [0.15, 0.2) is 18.2 Å². The molecule has 0 radical (unpaired) electrons. The molecular formula is C17H27NO. The van der Waals surface area contributed by atoms with Crippen LogP contribution in [0.1, 0.15) is 57.7 Å². The van der Waals surface area contributed by atoms with Crippen molar-refractivity contribution in [2.75, 3.05) is 6.54 Å². The van der Waals surface area contributed by atoms with Crippen LogP contribution in [0.25, 0.3) is 0 Å². The number of phenols is 1. The lowest BCUT2D eigenvalue weighted by molar-refractivity contribution is 0.121. The number of benzene rings is 1. The van der Waals surface area contributed by atoms with Crippen molar-refractivity contribution in [3.8, 4) is 5.75 Å². The molecule has 2 nitrogen and oxygen atoms in total. The quantitative estimate of drug-likeness (QED) is 0.880. The van der Waals surface area contributed by atoms with Gasteiger partial charge in [0.2, 0.25) is 0 Å². The lowest BCUT2D eigenvalue weighted by atomic mass is 9.85. The summed E-state index contributed by atoms with van der Waals surface area (Å²) in [6, 6.07) is 7.00. The predicted molar refractivity (Wildman–Crippen MR) is 80.5 cm³/mol. The SMILES string of the molecule is CC(C)CN(C(C)C)C1CCCc2cc(O)ccc21. The molecule has 1 aromatic rings. The van der Waals surface area contributed by atoms with Crippen molar-refractivity contribution in [1.82, 2.24) is 4.90 Å². The first-order valence-corrected chi connectivity index (χ1v) is 7.56. The zero-order valence-electron chi connectivity index (χ0n) is 12.7. The predicted octanol–water partition coefficient (Wildman–Crippen LogP) is 4.14. The fourth-order valence-electron chi connectivity index (χ4n) is 3.24. The molecule has 0 aliphatic heterocycles. The second kappa shape index (κ2) is 5.96. The lowest BCUT2D eigenvalue weighted by Crippen LogP contribution is -2.39. The molecule has 0 saturated heterocycles. The molecular weight excluding hydrogens is 234 g/mol. The van der Waals surface area contributed by atoms with Gasteiger partial charge >= 0.3 is 0 Å². The van der Waals surface area contributed by atoms with Crippen LogP contribution < -0.4 is 0 Å². The Hall–Kier alpha value is -1.02. The number of hydrogen-bond donors (Lipinski definition) is 1. The standard InChI is InChI=1S/C17H27NO/c1-12(2)11-18(13(3)4)17-7-5-6-14-10-15(19)8-9-16(14)17/h8-10,12-13,17,19H,5-7,11H2,1-4H3. The Morgan fingerprint density at radius 1 is 1.26 bits per heavy atom. The van der Waals surface area contributed by atoms with Gasteiger partial charge in [-0.3, -0.25) is 4.90 Å². The minimum atomic E-state index is 0.402. The zero-order chi connectivity index (χ0) is 14.0. The first-order valence-electron chi connectivity index (χ1n) is 7.56. The van der Waals surface area contributed by atoms with E-state index in [-0.39, 0.29) is 0 Å². The van der Waals surface area contributed by atoms with E-state index in [0.29, 0.717) is 23.8 Å². The van der Waals surface area contributed by atoms with E-state index in [1.54, 1.807) is 0 Å². The smallest absolute Gasteiger partial charge is 0.115 e. The van der Waals surface area contributed by atoms with Gasteiger partial charge in [0.25, 0.3) is 0 Å². The van der Waals surface area contributed by atoms with Crippen LogP contribution >= 0.6 is 0 Å². The molecule has 1 aromatic carbocycles. The summed E-state index contributed by atoms with van der Waals surface area (Å²) >= 11 is 0. The number of nitrogens with zero attached hydrogens (tertiary/aromatic N) is 1. The summed E-state index contributed by atoms with van der Waals surface area (Å²) in [6.45, 7) is 10.3. The fourth-order valence-corrected chi connectivity index (χ4v) is 3.24. The van der Waals surface area contributed by atoms with Crippen LogP contribution in [0.5, 0.6) is 5.75 Å². The minimum Gasteiger partial charge on any atom is -0.508 e. The second-order valence-corrected chi connectivity index (χ2v) is 6.48. The Labute approximate surface area is 117 Å². The summed E-state index contributed by atoms with van der Waals surface area (Å²) in [5.41, 5.74) is 2.77. The molecule has 1 aliphatic carbocycles. The number of rotatable bonds is 4. The molecule has 2 rings (SSSR count). The van der Waals surface area contributed by atoms with Gasteiger partial charge in [-0.05, 0) is 62.3 Å². The number of aryl methyl sites for hydroxylation is 1.